The molecule has 0 aromatic heterocycles. The Morgan fingerprint density at radius 3 is 1.89 bits per heavy atom. The molecule has 0 saturated carbocycles. The smallest absolute Gasteiger partial charge is 0.362 e. The summed E-state index contributed by atoms with van der Waals surface area (Å²) in [6, 6.07) is -0.626. The van der Waals surface area contributed by atoms with E-state index in [4.69, 9.17) is 14.2 Å². The lowest BCUT2D eigenvalue weighted by atomic mass is 10.1. The number of carboxylic acid groups (broad SMARTS) is 1. The second-order valence-electron chi connectivity index (χ2n) is 12.8. The number of unbranched alkanes of at least 4 members (excludes halogenated alkanes) is 9. The van der Waals surface area contributed by atoms with Gasteiger partial charge in [-0.1, -0.05) is 101 Å². The van der Waals surface area contributed by atoms with Crippen LogP contribution in [0, 0.1) is 0 Å². The molecule has 0 bridgehead atoms. The molecule has 0 heterocycles. The molecule has 0 spiro atoms. The first-order chi connectivity index (χ1) is 22.1. The number of likely N-dealkylation sites (N-methyl/N-ethyl adjacent to an activating group) is 1. The normalized spacial score (nSPS) is 13.7. The zero-order valence-corrected chi connectivity index (χ0v) is 29.8. The van der Waals surface area contributed by atoms with Crippen LogP contribution in [0.5, 0.6) is 0 Å². The van der Waals surface area contributed by atoms with Crippen molar-refractivity contribution in [3.05, 3.63) is 48.6 Å². The minimum atomic E-state index is -0.891. The van der Waals surface area contributed by atoms with Crippen LogP contribution in [-0.4, -0.2) is 80.6 Å². The van der Waals surface area contributed by atoms with Crippen molar-refractivity contribution in [1.29, 1.82) is 0 Å². The lowest BCUT2D eigenvalue weighted by molar-refractivity contribution is -0.887. The molecule has 0 aromatic carbocycles. The maximum absolute atomic E-state index is 12.6. The van der Waals surface area contributed by atoms with E-state index in [-0.39, 0.29) is 36.7 Å². The van der Waals surface area contributed by atoms with Crippen LogP contribution < -0.4 is 0 Å². The number of esters is 2. The van der Waals surface area contributed by atoms with Crippen molar-refractivity contribution in [1.82, 2.24) is 0 Å². The van der Waals surface area contributed by atoms with Crippen molar-refractivity contribution >= 4 is 17.9 Å². The van der Waals surface area contributed by atoms with E-state index in [0.717, 1.165) is 51.4 Å². The molecule has 0 aliphatic rings. The number of nitrogens with zero attached hydrogens (tertiary/aromatic N) is 1. The molecule has 0 radical (unpaired) electrons. The average Bonchev–Trinajstić information content (AvgIpc) is 3.00. The maximum atomic E-state index is 12.6. The number of hydrogen-bond acceptors (Lipinski definition) is 6. The van der Waals surface area contributed by atoms with E-state index in [9.17, 15) is 19.5 Å². The van der Waals surface area contributed by atoms with Crippen LogP contribution in [0.4, 0.5) is 0 Å². The van der Waals surface area contributed by atoms with Gasteiger partial charge in [-0.3, -0.25) is 9.59 Å². The van der Waals surface area contributed by atoms with Gasteiger partial charge in [-0.05, 0) is 51.4 Å². The molecule has 46 heavy (non-hydrogen) atoms. The molecule has 0 fully saturated rings. The largest absolute Gasteiger partial charge is 0.477 e. The second kappa shape index (κ2) is 29.7. The van der Waals surface area contributed by atoms with Crippen molar-refractivity contribution in [2.45, 2.75) is 135 Å². The number of ether oxygens (including phenoxy) is 3. The molecule has 0 rings (SSSR count). The summed E-state index contributed by atoms with van der Waals surface area (Å²) in [5.74, 6) is -1.65. The third-order valence-corrected chi connectivity index (χ3v) is 7.50. The van der Waals surface area contributed by atoms with Gasteiger partial charge < -0.3 is 23.8 Å². The highest BCUT2D eigenvalue weighted by atomic mass is 16.6. The molecule has 0 aromatic rings. The van der Waals surface area contributed by atoms with Crippen molar-refractivity contribution in [2.24, 2.45) is 0 Å². The quantitative estimate of drug-likeness (QED) is 0.0361. The molecule has 0 saturated heterocycles. The standard InChI is InChI=1S/C38H65NO7/c1-6-8-10-12-14-16-17-18-19-21-23-25-27-29-37(41)46-34(32-44-31-30-35(38(42)43)39(3,4)5)33-45-36(40)28-26-24-22-20-15-13-11-9-7-2/h9,11,15,18-20,24,26,34-35H,6-8,10,12-14,16-17,21-23,25,27-33H2,1-5H3/p+1/b11-9+,19-18+,20-15+,26-24+. The van der Waals surface area contributed by atoms with Crippen molar-refractivity contribution in [2.75, 3.05) is 41.0 Å². The van der Waals surface area contributed by atoms with Gasteiger partial charge in [0.2, 0.25) is 0 Å². The molecule has 0 aliphatic carbocycles. The van der Waals surface area contributed by atoms with E-state index in [1.54, 1.807) is 6.08 Å². The Morgan fingerprint density at radius 1 is 0.696 bits per heavy atom. The lowest BCUT2D eigenvalue weighted by Gasteiger charge is -2.31. The summed E-state index contributed by atoms with van der Waals surface area (Å²) in [4.78, 5) is 36.5. The first-order valence-electron chi connectivity index (χ1n) is 17.7. The summed E-state index contributed by atoms with van der Waals surface area (Å²) in [7, 11) is 5.47. The second-order valence-corrected chi connectivity index (χ2v) is 12.8. The topological polar surface area (TPSA) is 99.1 Å². The molecule has 264 valence electrons. The van der Waals surface area contributed by atoms with Crippen molar-refractivity contribution in [3.63, 3.8) is 0 Å². The average molecular weight is 649 g/mol. The fraction of sp³-hybridized carbons (Fsp3) is 0.711. The lowest BCUT2D eigenvalue weighted by Crippen LogP contribution is -2.50. The monoisotopic (exact) mass is 648 g/mol. The van der Waals surface area contributed by atoms with Gasteiger partial charge in [0.1, 0.15) is 6.61 Å². The Bertz CT molecular complexity index is 901. The van der Waals surface area contributed by atoms with E-state index in [0.29, 0.717) is 12.8 Å². The van der Waals surface area contributed by atoms with Crippen LogP contribution in [0.3, 0.4) is 0 Å². The van der Waals surface area contributed by atoms with Gasteiger partial charge in [0, 0.05) is 12.8 Å². The first kappa shape index (κ1) is 43.3. The molecule has 2 atom stereocenters. The summed E-state index contributed by atoms with van der Waals surface area (Å²) in [5, 5.41) is 9.55. The molecule has 0 aliphatic heterocycles. The van der Waals surface area contributed by atoms with Gasteiger partial charge in [-0.25, -0.2) is 4.79 Å². The predicted molar refractivity (Wildman–Crippen MR) is 188 cm³/mol. The minimum Gasteiger partial charge on any atom is -0.477 e. The summed E-state index contributed by atoms with van der Waals surface area (Å²) >= 11 is 0. The van der Waals surface area contributed by atoms with E-state index < -0.39 is 24.1 Å². The highest BCUT2D eigenvalue weighted by Crippen LogP contribution is 2.11. The van der Waals surface area contributed by atoms with Gasteiger partial charge in [-0.2, -0.15) is 0 Å². The number of rotatable bonds is 30. The van der Waals surface area contributed by atoms with Crippen LogP contribution in [0.25, 0.3) is 0 Å². The Labute approximate surface area is 280 Å². The SMILES string of the molecule is CC/C=C/C/C=C/C/C=C/CC(=O)OCC(COCCC(C(=O)O)[N+](C)(C)C)OC(=O)CCCCC/C=C/CCCCCCCC. The molecule has 8 heteroatoms. The minimum absolute atomic E-state index is 0.0268. The summed E-state index contributed by atoms with van der Waals surface area (Å²) in [5.41, 5.74) is 0. The third kappa shape index (κ3) is 27.6. The fourth-order valence-corrected chi connectivity index (χ4v) is 4.73. The number of quaternary nitrogens is 1. The highest BCUT2D eigenvalue weighted by molar-refractivity contribution is 5.72. The van der Waals surface area contributed by atoms with Gasteiger partial charge in [0.05, 0.1) is 40.8 Å². The number of carboxylic acids is 1. The zero-order valence-electron chi connectivity index (χ0n) is 29.8. The van der Waals surface area contributed by atoms with E-state index >= 15 is 0 Å². The number of carbonyl (C=O) groups is 3. The third-order valence-electron chi connectivity index (χ3n) is 7.50. The van der Waals surface area contributed by atoms with E-state index in [1.165, 1.54) is 38.5 Å². The first-order valence-corrected chi connectivity index (χ1v) is 17.7. The Morgan fingerprint density at radius 2 is 1.28 bits per heavy atom. The Balaban J connectivity index is 4.58. The zero-order chi connectivity index (χ0) is 34.3. The summed E-state index contributed by atoms with van der Waals surface area (Å²) in [6.07, 6.45) is 32.0. The summed E-state index contributed by atoms with van der Waals surface area (Å²) in [6.45, 7) is 4.45. The predicted octanol–water partition coefficient (Wildman–Crippen LogP) is 8.51. The number of aliphatic carboxylic acids is 1. The van der Waals surface area contributed by atoms with E-state index in [2.05, 4.69) is 50.3 Å². The molecule has 0 amide bonds. The number of carbonyl (C=O) groups excluding carboxylic acids is 2. The van der Waals surface area contributed by atoms with Gasteiger partial charge in [-0.15, -0.1) is 0 Å². The summed E-state index contributed by atoms with van der Waals surface area (Å²) < 4.78 is 17.0. The van der Waals surface area contributed by atoms with Crippen LogP contribution in [0.2, 0.25) is 0 Å². The number of allylic oxidation sites excluding steroid dienone is 7. The van der Waals surface area contributed by atoms with Crippen molar-refractivity contribution in [3.8, 4) is 0 Å². The van der Waals surface area contributed by atoms with Crippen LogP contribution >= 0.6 is 0 Å². The fourth-order valence-electron chi connectivity index (χ4n) is 4.73. The molecule has 8 nitrogen and oxygen atoms in total. The Kier molecular flexibility index (Phi) is 27.9. The highest BCUT2D eigenvalue weighted by Gasteiger charge is 2.31. The molecular weight excluding hydrogens is 582 g/mol. The van der Waals surface area contributed by atoms with Crippen molar-refractivity contribution < 1.29 is 38.2 Å². The molecular formula is C38H66NO7+. The van der Waals surface area contributed by atoms with E-state index in [1.807, 2.05) is 27.2 Å². The van der Waals surface area contributed by atoms with Gasteiger partial charge >= 0.3 is 17.9 Å². The van der Waals surface area contributed by atoms with Crippen LogP contribution in [-0.2, 0) is 28.6 Å². The molecule has 1 N–H and O–H groups in total. The van der Waals surface area contributed by atoms with Gasteiger partial charge in [0.25, 0.3) is 0 Å². The Hall–Kier alpha value is -2.71. The van der Waals surface area contributed by atoms with Crippen LogP contribution in [0.1, 0.15) is 123 Å². The van der Waals surface area contributed by atoms with Gasteiger partial charge in [0.15, 0.2) is 12.1 Å². The maximum Gasteiger partial charge on any atom is 0.362 e. The van der Waals surface area contributed by atoms with Crippen LogP contribution in [0.15, 0.2) is 48.6 Å². The number of hydrogen-bond donors (Lipinski definition) is 1. The molecule has 2 unspecified atom stereocenters.